The second kappa shape index (κ2) is 10.4. The summed E-state index contributed by atoms with van der Waals surface area (Å²) in [5.74, 6) is 3.89. The Morgan fingerprint density at radius 1 is 0.794 bits per heavy atom. The highest BCUT2D eigenvalue weighted by Crippen LogP contribution is 2.30. The Hall–Kier alpha value is -3.81. The van der Waals surface area contributed by atoms with E-state index in [1.807, 2.05) is 47.4 Å². The van der Waals surface area contributed by atoms with Gasteiger partial charge in [-0.25, -0.2) is 0 Å². The van der Waals surface area contributed by atoms with Gasteiger partial charge < -0.3 is 33.2 Å². The summed E-state index contributed by atoms with van der Waals surface area (Å²) in [6, 6.07) is 15.0. The van der Waals surface area contributed by atoms with Crippen LogP contribution in [0.15, 0.2) is 52.9 Å². The lowest BCUT2D eigenvalue weighted by Crippen LogP contribution is -2.48. The van der Waals surface area contributed by atoms with E-state index in [4.69, 9.17) is 23.4 Å². The Morgan fingerprint density at radius 2 is 1.47 bits per heavy atom. The molecule has 0 atom stereocenters. The topological polar surface area (TPSA) is 73.6 Å². The van der Waals surface area contributed by atoms with Gasteiger partial charge in [0.25, 0.3) is 5.91 Å². The molecule has 2 heterocycles. The molecule has 4 rings (SSSR count). The Morgan fingerprint density at radius 3 is 2.09 bits per heavy atom. The number of ether oxygens (including phenoxy) is 4. The van der Waals surface area contributed by atoms with E-state index in [-0.39, 0.29) is 5.91 Å². The number of furan rings is 1. The third-order valence-electron chi connectivity index (χ3n) is 5.99. The van der Waals surface area contributed by atoms with Gasteiger partial charge in [0.2, 0.25) is 0 Å². The van der Waals surface area contributed by atoms with Crippen LogP contribution in [0, 0.1) is 0 Å². The quantitative estimate of drug-likeness (QED) is 0.499. The van der Waals surface area contributed by atoms with Crippen molar-refractivity contribution in [2.24, 2.45) is 0 Å². The van der Waals surface area contributed by atoms with E-state index in [1.165, 1.54) is 0 Å². The number of piperazine rings is 1. The zero-order chi connectivity index (χ0) is 24.1. The number of rotatable bonds is 8. The second-order valence-electron chi connectivity index (χ2n) is 7.97. The van der Waals surface area contributed by atoms with Crippen LogP contribution in [-0.4, -0.2) is 65.4 Å². The number of anilines is 1. The maximum Gasteiger partial charge on any atom is 0.289 e. The normalized spacial score (nSPS) is 13.5. The SMILES string of the molecule is COc1cc(OC)cc(N2CCN(C(=O)c3ccc(Cc4cc(OC)ccc4OC)o3)CC2)c1. The average molecular weight is 467 g/mol. The summed E-state index contributed by atoms with van der Waals surface area (Å²) < 4.78 is 27.4. The van der Waals surface area contributed by atoms with Crippen LogP contribution in [0.2, 0.25) is 0 Å². The van der Waals surface area contributed by atoms with Gasteiger partial charge in [0.1, 0.15) is 28.8 Å². The molecule has 1 amide bonds. The summed E-state index contributed by atoms with van der Waals surface area (Å²) in [5, 5.41) is 0. The Bertz CT molecular complexity index is 1110. The number of methoxy groups -OCH3 is 4. The van der Waals surface area contributed by atoms with Crippen molar-refractivity contribution in [1.29, 1.82) is 0 Å². The van der Waals surface area contributed by atoms with Crippen molar-refractivity contribution in [1.82, 2.24) is 4.90 Å². The smallest absolute Gasteiger partial charge is 0.289 e. The highest BCUT2D eigenvalue weighted by atomic mass is 16.5. The average Bonchev–Trinajstić information content (AvgIpc) is 3.36. The van der Waals surface area contributed by atoms with E-state index in [0.29, 0.717) is 44.1 Å². The Balaban J connectivity index is 1.40. The molecule has 1 saturated heterocycles. The van der Waals surface area contributed by atoms with Crippen LogP contribution in [-0.2, 0) is 6.42 Å². The van der Waals surface area contributed by atoms with E-state index in [0.717, 1.165) is 34.2 Å². The Labute approximate surface area is 199 Å². The van der Waals surface area contributed by atoms with E-state index in [9.17, 15) is 4.79 Å². The zero-order valence-electron chi connectivity index (χ0n) is 20.0. The number of hydrogen-bond acceptors (Lipinski definition) is 7. The van der Waals surface area contributed by atoms with E-state index in [2.05, 4.69) is 4.90 Å². The van der Waals surface area contributed by atoms with Gasteiger partial charge in [0, 0.05) is 62.0 Å². The highest BCUT2D eigenvalue weighted by molar-refractivity contribution is 5.91. The first-order chi connectivity index (χ1) is 16.5. The van der Waals surface area contributed by atoms with Crippen LogP contribution >= 0.6 is 0 Å². The lowest BCUT2D eigenvalue weighted by molar-refractivity contribution is 0.0713. The molecule has 1 aromatic heterocycles. The van der Waals surface area contributed by atoms with Crippen LogP contribution < -0.4 is 23.8 Å². The van der Waals surface area contributed by atoms with Gasteiger partial charge in [-0.1, -0.05) is 0 Å². The predicted octanol–water partition coefficient (Wildman–Crippen LogP) is 3.87. The minimum atomic E-state index is -0.105. The van der Waals surface area contributed by atoms with E-state index >= 15 is 0 Å². The van der Waals surface area contributed by atoms with Crippen molar-refractivity contribution >= 4 is 11.6 Å². The summed E-state index contributed by atoms with van der Waals surface area (Å²) in [5.41, 5.74) is 1.94. The molecule has 1 aliphatic rings. The maximum atomic E-state index is 13.1. The van der Waals surface area contributed by atoms with Crippen LogP contribution in [0.1, 0.15) is 21.9 Å². The largest absolute Gasteiger partial charge is 0.497 e. The molecule has 0 aliphatic carbocycles. The van der Waals surface area contributed by atoms with Crippen molar-refractivity contribution in [3.63, 3.8) is 0 Å². The summed E-state index contributed by atoms with van der Waals surface area (Å²) >= 11 is 0. The molecule has 0 unspecified atom stereocenters. The van der Waals surface area contributed by atoms with Gasteiger partial charge in [-0.15, -0.1) is 0 Å². The van der Waals surface area contributed by atoms with Gasteiger partial charge in [-0.05, 0) is 30.3 Å². The van der Waals surface area contributed by atoms with Crippen molar-refractivity contribution in [2.75, 3.05) is 59.5 Å². The molecule has 3 aromatic rings. The lowest BCUT2D eigenvalue weighted by atomic mass is 10.1. The summed E-state index contributed by atoms with van der Waals surface area (Å²) in [4.78, 5) is 17.1. The molecule has 8 nitrogen and oxygen atoms in total. The number of amides is 1. The number of nitrogens with zero attached hydrogens (tertiary/aromatic N) is 2. The van der Waals surface area contributed by atoms with Crippen LogP contribution in [0.3, 0.4) is 0 Å². The van der Waals surface area contributed by atoms with Crippen LogP contribution in [0.4, 0.5) is 5.69 Å². The molecule has 8 heteroatoms. The molecule has 0 N–H and O–H groups in total. The molecular weight excluding hydrogens is 436 g/mol. The minimum absolute atomic E-state index is 0.105. The summed E-state index contributed by atoms with van der Waals surface area (Å²) in [6.07, 6.45) is 0.499. The minimum Gasteiger partial charge on any atom is -0.497 e. The third-order valence-corrected chi connectivity index (χ3v) is 5.99. The first-order valence-electron chi connectivity index (χ1n) is 11.1. The fourth-order valence-corrected chi connectivity index (χ4v) is 4.09. The van der Waals surface area contributed by atoms with Crippen molar-refractivity contribution in [2.45, 2.75) is 6.42 Å². The zero-order valence-corrected chi connectivity index (χ0v) is 20.0. The molecule has 0 spiro atoms. The maximum absolute atomic E-state index is 13.1. The number of carbonyl (C=O) groups excluding carboxylic acids is 1. The van der Waals surface area contributed by atoms with E-state index < -0.39 is 0 Å². The second-order valence-corrected chi connectivity index (χ2v) is 7.97. The van der Waals surface area contributed by atoms with Crippen LogP contribution in [0.25, 0.3) is 0 Å². The monoisotopic (exact) mass is 466 g/mol. The first-order valence-corrected chi connectivity index (χ1v) is 11.1. The fourth-order valence-electron chi connectivity index (χ4n) is 4.09. The van der Waals surface area contributed by atoms with Gasteiger partial charge in [0.05, 0.1) is 28.4 Å². The molecule has 0 saturated carbocycles. The first kappa shape index (κ1) is 23.4. The van der Waals surface area contributed by atoms with Crippen LogP contribution in [0.5, 0.6) is 23.0 Å². The lowest BCUT2D eigenvalue weighted by Gasteiger charge is -2.36. The van der Waals surface area contributed by atoms with Gasteiger partial charge in [-0.3, -0.25) is 4.79 Å². The van der Waals surface area contributed by atoms with Crippen molar-refractivity contribution in [3.8, 4) is 23.0 Å². The molecule has 180 valence electrons. The Kier molecular flexibility index (Phi) is 7.15. The fraction of sp³-hybridized carbons (Fsp3) is 0.346. The van der Waals surface area contributed by atoms with Crippen molar-refractivity contribution < 1.29 is 28.2 Å². The summed E-state index contributed by atoms with van der Waals surface area (Å²) in [6.45, 7) is 2.60. The number of hydrogen-bond donors (Lipinski definition) is 0. The van der Waals surface area contributed by atoms with Gasteiger partial charge in [0.15, 0.2) is 5.76 Å². The van der Waals surface area contributed by atoms with Gasteiger partial charge in [-0.2, -0.15) is 0 Å². The van der Waals surface area contributed by atoms with E-state index in [1.54, 1.807) is 34.5 Å². The molecule has 1 fully saturated rings. The molecule has 34 heavy (non-hydrogen) atoms. The molecule has 1 aliphatic heterocycles. The van der Waals surface area contributed by atoms with Crippen molar-refractivity contribution in [3.05, 3.63) is 65.6 Å². The summed E-state index contributed by atoms with van der Waals surface area (Å²) in [7, 11) is 6.53. The highest BCUT2D eigenvalue weighted by Gasteiger charge is 2.25. The number of benzene rings is 2. The molecule has 2 aromatic carbocycles. The predicted molar refractivity (Wildman–Crippen MR) is 129 cm³/mol. The number of carbonyl (C=O) groups is 1. The van der Waals surface area contributed by atoms with Gasteiger partial charge >= 0.3 is 0 Å². The standard InChI is InChI=1S/C26H30N2O6/c1-30-20-5-7-24(33-4)18(13-20)14-21-6-8-25(34-21)26(29)28-11-9-27(10-12-28)19-15-22(31-2)17-23(16-19)32-3/h5-8,13,15-17H,9-12,14H2,1-4H3. The molecule has 0 bridgehead atoms. The molecule has 0 radical (unpaired) electrons. The molecular formula is C26H30N2O6. The third kappa shape index (κ3) is 5.06.